The quantitative estimate of drug-likeness (QED) is 0.738. The first-order valence-electron chi connectivity index (χ1n) is 7.79. The van der Waals surface area contributed by atoms with Crippen LogP contribution in [0.2, 0.25) is 0 Å². The molecule has 4 heteroatoms. The van der Waals surface area contributed by atoms with Crippen LogP contribution in [-0.4, -0.2) is 43.0 Å². The average molecular weight is 269 g/mol. The summed E-state index contributed by atoms with van der Waals surface area (Å²) in [5, 5.41) is 3.19. The number of rotatable bonds is 7. The third-order valence-corrected chi connectivity index (χ3v) is 3.89. The van der Waals surface area contributed by atoms with Gasteiger partial charge >= 0.3 is 0 Å². The maximum absolute atomic E-state index is 12.2. The van der Waals surface area contributed by atoms with E-state index in [4.69, 9.17) is 5.73 Å². The van der Waals surface area contributed by atoms with Gasteiger partial charge in [0, 0.05) is 25.7 Å². The molecule has 0 bridgehead atoms. The van der Waals surface area contributed by atoms with Gasteiger partial charge in [-0.3, -0.25) is 4.79 Å². The Bertz CT molecular complexity index is 260. The molecule has 0 aromatic rings. The Morgan fingerprint density at radius 2 is 2.00 bits per heavy atom. The van der Waals surface area contributed by atoms with Crippen molar-refractivity contribution in [2.75, 3.05) is 26.2 Å². The molecule has 4 nitrogen and oxygen atoms in total. The van der Waals surface area contributed by atoms with E-state index >= 15 is 0 Å². The van der Waals surface area contributed by atoms with Crippen molar-refractivity contribution in [1.29, 1.82) is 0 Å². The molecule has 0 saturated carbocycles. The van der Waals surface area contributed by atoms with Gasteiger partial charge in [0.2, 0.25) is 5.91 Å². The second kappa shape index (κ2) is 8.54. The molecule has 0 radical (unpaired) electrons. The number of nitrogens with two attached hydrogens (primary N) is 1. The summed E-state index contributed by atoms with van der Waals surface area (Å²) < 4.78 is 0. The Labute approximate surface area is 118 Å². The Morgan fingerprint density at radius 3 is 2.47 bits per heavy atom. The van der Waals surface area contributed by atoms with Crippen LogP contribution in [0.25, 0.3) is 0 Å². The number of likely N-dealkylation sites (tertiary alicyclic amines) is 1. The van der Waals surface area contributed by atoms with Crippen LogP contribution in [0.5, 0.6) is 0 Å². The van der Waals surface area contributed by atoms with Crippen LogP contribution < -0.4 is 11.1 Å². The second-order valence-corrected chi connectivity index (χ2v) is 6.19. The lowest BCUT2D eigenvalue weighted by Crippen LogP contribution is -2.47. The zero-order valence-corrected chi connectivity index (χ0v) is 12.8. The van der Waals surface area contributed by atoms with Crippen LogP contribution in [0.15, 0.2) is 0 Å². The maximum atomic E-state index is 12.2. The van der Waals surface area contributed by atoms with E-state index in [2.05, 4.69) is 31.0 Å². The minimum Gasteiger partial charge on any atom is -0.353 e. The molecule has 1 atom stereocenters. The maximum Gasteiger partial charge on any atom is 0.224 e. The van der Waals surface area contributed by atoms with E-state index < -0.39 is 0 Å². The number of nitrogens with one attached hydrogen (secondary N) is 1. The third-order valence-electron chi connectivity index (χ3n) is 3.89. The lowest BCUT2D eigenvalue weighted by atomic mass is 9.95. The fourth-order valence-electron chi connectivity index (χ4n) is 2.82. The van der Waals surface area contributed by atoms with Crippen molar-refractivity contribution < 1.29 is 4.79 Å². The smallest absolute Gasteiger partial charge is 0.224 e. The molecule has 0 aromatic heterocycles. The summed E-state index contributed by atoms with van der Waals surface area (Å²) in [6, 6.07) is 0.349. The summed E-state index contributed by atoms with van der Waals surface area (Å²) in [4.78, 5) is 14.7. The highest BCUT2D eigenvalue weighted by molar-refractivity contribution is 5.79. The summed E-state index contributed by atoms with van der Waals surface area (Å²) in [5.41, 5.74) is 5.72. The SMILES string of the molecule is CCCN1CCC(NC(=O)C(CN)CC(C)C)CC1. The number of hydrogen-bond donors (Lipinski definition) is 2. The van der Waals surface area contributed by atoms with Crippen molar-refractivity contribution in [1.82, 2.24) is 10.2 Å². The van der Waals surface area contributed by atoms with E-state index in [0.717, 1.165) is 32.4 Å². The predicted molar refractivity (Wildman–Crippen MR) is 79.9 cm³/mol. The number of hydrogen-bond acceptors (Lipinski definition) is 3. The lowest BCUT2D eigenvalue weighted by Gasteiger charge is -2.33. The van der Waals surface area contributed by atoms with Gasteiger partial charge in [-0.25, -0.2) is 0 Å². The first-order valence-corrected chi connectivity index (χ1v) is 7.79. The third kappa shape index (κ3) is 5.91. The Morgan fingerprint density at radius 1 is 1.37 bits per heavy atom. The van der Waals surface area contributed by atoms with Crippen LogP contribution in [0, 0.1) is 11.8 Å². The molecule has 1 fully saturated rings. The number of amides is 1. The Balaban J connectivity index is 2.32. The highest BCUT2D eigenvalue weighted by Gasteiger charge is 2.24. The van der Waals surface area contributed by atoms with Crippen LogP contribution in [0.3, 0.4) is 0 Å². The Hall–Kier alpha value is -0.610. The van der Waals surface area contributed by atoms with Crippen molar-refractivity contribution in [3.63, 3.8) is 0 Å². The molecule has 112 valence electrons. The fourth-order valence-corrected chi connectivity index (χ4v) is 2.82. The monoisotopic (exact) mass is 269 g/mol. The van der Waals surface area contributed by atoms with Crippen LogP contribution in [-0.2, 0) is 4.79 Å². The molecule has 1 aliphatic heterocycles. The standard InChI is InChI=1S/C15H31N3O/c1-4-7-18-8-5-14(6-9-18)17-15(19)13(11-16)10-12(2)3/h12-14H,4-11,16H2,1-3H3,(H,17,19). The van der Waals surface area contributed by atoms with Crippen LogP contribution in [0.1, 0.15) is 46.5 Å². The molecule has 0 aliphatic carbocycles. The summed E-state index contributed by atoms with van der Waals surface area (Å²) >= 11 is 0. The Kier molecular flexibility index (Phi) is 7.39. The first kappa shape index (κ1) is 16.4. The molecule has 1 unspecified atom stereocenters. The molecule has 0 aromatic carbocycles. The molecule has 1 aliphatic rings. The molecular weight excluding hydrogens is 238 g/mol. The molecule has 19 heavy (non-hydrogen) atoms. The van der Waals surface area contributed by atoms with Gasteiger partial charge in [0.25, 0.3) is 0 Å². The molecule has 1 amide bonds. The summed E-state index contributed by atoms with van der Waals surface area (Å²) in [6.45, 7) is 10.3. The molecule has 3 N–H and O–H groups in total. The van der Waals surface area contributed by atoms with Gasteiger partial charge in [-0.05, 0) is 38.1 Å². The number of carbonyl (C=O) groups excluding carboxylic acids is 1. The highest BCUT2D eigenvalue weighted by atomic mass is 16.1. The van der Waals surface area contributed by atoms with Gasteiger partial charge in [-0.1, -0.05) is 20.8 Å². The van der Waals surface area contributed by atoms with E-state index in [1.165, 1.54) is 13.0 Å². The zero-order valence-electron chi connectivity index (χ0n) is 12.8. The van der Waals surface area contributed by atoms with E-state index in [0.29, 0.717) is 18.5 Å². The van der Waals surface area contributed by atoms with Crippen molar-refractivity contribution in [3.05, 3.63) is 0 Å². The van der Waals surface area contributed by atoms with Crippen molar-refractivity contribution in [2.45, 2.75) is 52.5 Å². The van der Waals surface area contributed by atoms with Crippen molar-refractivity contribution >= 4 is 5.91 Å². The minimum atomic E-state index is -0.0197. The highest BCUT2D eigenvalue weighted by Crippen LogP contribution is 2.14. The van der Waals surface area contributed by atoms with Crippen LogP contribution in [0.4, 0.5) is 0 Å². The number of nitrogens with zero attached hydrogens (tertiary/aromatic N) is 1. The van der Waals surface area contributed by atoms with E-state index in [1.54, 1.807) is 0 Å². The van der Waals surface area contributed by atoms with Crippen molar-refractivity contribution in [2.24, 2.45) is 17.6 Å². The normalized spacial score (nSPS) is 19.6. The predicted octanol–water partition coefficient (Wildman–Crippen LogP) is 1.60. The molecular formula is C15H31N3O. The molecule has 1 saturated heterocycles. The van der Waals surface area contributed by atoms with Gasteiger partial charge in [-0.2, -0.15) is 0 Å². The summed E-state index contributed by atoms with van der Waals surface area (Å²) in [6.07, 6.45) is 4.24. The van der Waals surface area contributed by atoms with E-state index in [1.807, 2.05) is 0 Å². The van der Waals surface area contributed by atoms with Crippen LogP contribution >= 0.6 is 0 Å². The van der Waals surface area contributed by atoms with Gasteiger partial charge in [-0.15, -0.1) is 0 Å². The van der Waals surface area contributed by atoms with E-state index in [9.17, 15) is 4.79 Å². The van der Waals surface area contributed by atoms with Gasteiger partial charge in [0.05, 0.1) is 5.92 Å². The summed E-state index contributed by atoms with van der Waals surface area (Å²) in [5.74, 6) is 0.657. The van der Waals surface area contributed by atoms with E-state index in [-0.39, 0.29) is 11.8 Å². The largest absolute Gasteiger partial charge is 0.353 e. The van der Waals surface area contributed by atoms with Gasteiger partial charge in [0.15, 0.2) is 0 Å². The van der Waals surface area contributed by atoms with Crippen molar-refractivity contribution in [3.8, 4) is 0 Å². The topological polar surface area (TPSA) is 58.4 Å². The fraction of sp³-hybridized carbons (Fsp3) is 0.933. The zero-order chi connectivity index (χ0) is 14.3. The first-order chi connectivity index (χ1) is 9.06. The summed E-state index contributed by atoms with van der Waals surface area (Å²) in [7, 11) is 0. The lowest BCUT2D eigenvalue weighted by molar-refractivity contribution is -0.126. The second-order valence-electron chi connectivity index (χ2n) is 6.19. The molecule has 1 rings (SSSR count). The molecule has 1 heterocycles. The number of piperidine rings is 1. The van der Waals surface area contributed by atoms with Gasteiger partial charge in [0.1, 0.15) is 0 Å². The average Bonchev–Trinajstić information content (AvgIpc) is 2.38. The van der Waals surface area contributed by atoms with Gasteiger partial charge < -0.3 is 16.0 Å². The number of carbonyl (C=O) groups is 1. The minimum absolute atomic E-state index is 0.0197. The molecule has 0 spiro atoms.